The summed E-state index contributed by atoms with van der Waals surface area (Å²) < 4.78 is 22.6. The molecule has 0 aromatic heterocycles. The standard InChI is InChI=1S/C23H23ClO5/c1-26-21-11-17(8-9-20(21)28-14-16-6-4-3-5-7-16)15-29-23-19(24)10-18(13-25)12-22(23)27-2/h3-12,25H,13-15H2,1-2H3. The van der Waals surface area contributed by atoms with Crippen molar-refractivity contribution in [3.05, 3.63) is 82.4 Å². The van der Waals surface area contributed by atoms with Gasteiger partial charge in [-0.2, -0.15) is 0 Å². The van der Waals surface area contributed by atoms with Crippen LogP contribution >= 0.6 is 11.6 Å². The molecule has 152 valence electrons. The molecule has 0 aliphatic carbocycles. The van der Waals surface area contributed by atoms with E-state index in [1.165, 1.54) is 7.11 Å². The van der Waals surface area contributed by atoms with Gasteiger partial charge in [0.1, 0.15) is 13.2 Å². The van der Waals surface area contributed by atoms with E-state index in [2.05, 4.69) is 0 Å². The fourth-order valence-corrected chi connectivity index (χ4v) is 3.10. The molecule has 0 amide bonds. The van der Waals surface area contributed by atoms with Crippen molar-refractivity contribution in [2.75, 3.05) is 14.2 Å². The monoisotopic (exact) mass is 414 g/mol. The average molecular weight is 415 g/mol. The predicted molar refractivity (Wildman–Crippen MR) is 112 cm³/mol. The summed E-state index contributed by atoms with van der Waals surface area (Å²) in [6.45, 7) is 0.596. The lowest BCUT2D eigenvalue weighted by Gasteiger charge is -2.15. The van der Waals surface area contributed by atoms with Gasteiger partial charge >= 0.3 is 0 Å². The molecule has 3 aromatic carbocycles. The van der Waals surface area contributed by atoms with E-state index < -0.39 is 0 Å². The fraction of sp³-hybridized carbons (Fsp3) is 0.217. The van der Waals surface area contributed by atoms with Crippen LogP contribution in [-0.4, -0.2) is 19.3 Å². The van der Waals surface area contributed by atoms with Crippen LogP contribution in [0.15, 0.2) is 60.7 Å². The highest BCUT2D eigenvalue weighted by molar-refractivity contribution is 6.32. The minimum atomic E-state index is -0.127. The first-order valence-corrected chi connectivity index (χ1v) is 9.46. The van der Waals surface area contributed by atoms with E-state index in [-0.39, 0.29) is 13.2 Å². The normalized spacial score (nSPS) is 10.5. The molecular formula is C23H23ClO5. The summed E-state index contributed by atoms with van der Waals surface area (Å²) in [5.74, 6) is 2.17. The van der Waals surface area contributed by atoms with E-state index in [1.54, 1.807) is 19.2 Å². The van der Waals surface area contributed by atoms with Gasteiger partial charge < -0.3 is 24.1 Å². The van der Waals surface area contributed by atoms with Gasteiger partial charge in [0.15, 0.2) is 23.0 Å². The van der Waals surface area contributed by atoms with E-state index in [0.717, 1.165) is 11.1 Å². The third-order valence-electron chi connectivity index (χ3n) is 4.32. The van der Waals surface area contributed by atoms with Crippen LogP contribution in [0.2, 0.25) is 5.02 Å². The number of aliphatic hydroxyl groups excluding tert-OH is 1. The van der Waals surface area contributed by atoms with E-state index in [1.807, 2.05) is 48.5 Å². The van der Waals surface area contributed by atoms with Crippen molar-refractivity contribution < 1.29 is 24.1 Å². The Morgan fingerprint density at radius 1 is 0.724 bits per heavy atom. The maximum atomic E-state index is 9.30. The summed E-state index contributed by atoms with van der Waals surface area (Å²) in [6.07, 6.45) is 0. The van der Waals surface area contributed by atoms with Crippen molar-refractivity contribution in [2.24, 2.45) is 0 Å². The van der Waals surface area contributed by atoms with E-state index in [4.69, 9.17) is 30.5 Å². The quantitative estimate of drug-likeness (QED) is 0.533. The summed E-state index contributed by atoms with van der Waals surface area (Å²) in [4.78, 5) is 0. The summed E-state index contributed by atoms with van der Waals surface area (Å²) >= 11 is 6.28. The molecule has 0 atom stereocenters. The average Bonchev–Trinajstić information content (AvgIpc) is 2.77. The van der Waals surface area contributed by atoms with E-state index in [9.17, 15) is 5.11 Å². The molecule has 3 aromatic rings. The van der Waals surface area contributed by atoms with Gasteiger partial charge in [0, 0.05) is 0 Å². The van der Waals surface area contributed by atoms with Crippen LogP contribution in [0, 0.1) is 0 Å². The lowest BCUT2D eigenvalue weighted by Crippen LogP contribution is -2.01. The Balaban J connectivity index is 1.71. The molecule has 5 nitrogen and oxygen atoms in total. The highest BCUT2D eigenvalue weighted by atomic mass is 35.5. The summed E-state index contributed by atoms with van der Waals surface area (Å²) in [5.41, 5.74) is 2.62. The largest absolute Gasteiger partial charge is 0.493 e. The second-order valence-electron chi connectivity index (χ2n) is 6.32. The number of methoxy groups -OCH3 is 2. The minimum Gasteiger partial charge on any atom is -0.493 e. The zero-order valence-corrected chi connectivity index (χ0v) is 17.1. The van der Waals surface area contributed by atoms with Crippen molar-refractivity contribution in [2.45, 2.75) is 19.8 Å². The van der Waals surface area contributed by atoms with Gasteiger partial charge in [0.05, 0.1) is 25.8 Å². The smallest absolute Gasteiger partial charge is 0.180 e. The van der Waals surface area contributed by atoms with E-state index in [0.29, 0.717) is 40.2 Å². The van der Waals surface area contributed by atoms with Crippen LogP contribution in [0.4, 0.5) is 0 Å². The minimum absolute atomic E-state index is 0.127. The van der Waals surface area contributed by atoms with Crippen molar-refractivity contribution in [1.29, 1.82) is 0 Å². The molecule has 3 rings (SSSR count). The van der Waals surface area contributed by atoms with Crippen LogP contribution in [0.3, 0.4) is 0 Å². The maximum absolute atomic E-state index is 9.30. The highest BCUT2D eigenvalue weighted by Crippen LogP contribution is 2.37. The van der Waals surface area contributed by atoms with Gasteiger partial charge in [0.2, 0.25) is 0 Å². The molecule has 0 radical (unpaired) electrons. The second-order valence-corrected chi connectivity index (χ2v) is 6.72. The Hall–Kier alpha value is -2.89. The van der Waals surface area contributed by atoms with Crippen molar-refractivity contribution in [1.82, 2.24) is 0 Å². The molecular weight excluding hydrogens is 392 g/mol. The zero-order valence-electron chi connectivity index (χ0n) is 16.4. The second kappa shape index (κ2) is 10.0. The van der Waals surface area contributed by atoms with Gasteiger partial charge in [-0.15, -0.1) is 0 Å². The topological polar surface area (TPSA) is 57.2 Å². The van der Waals surface area contributed by atoms with Crippen LogP contribution in [0.25, 0.3) is 0 Å². The number of rotatable bonds is 9. The van der Waals surface area contributed by atoms with Gasteiger partial charge in [-0.1, -0.05) is 48.0 Å². The molecule has 0 bridgehead atoms. The Kier molecular flexibility index (Phi) is 7.22. The number of hydrogen-bond acceptors (Lipinski definition) is 5. The van der Waals surface area contributed by atoms with Crippen LogP contribution in [0.1, 0.15) is 16.7 Å². The number of hydrogen-bond donors (Lipinski definition) is 1. The van der Waals surface area contributed by atoms with Crippen LogP contribution in [0.5, 0.6) is 23.0 Å². The molecule has 0 unspecified atom stereocenters. The Labute approximate surface area is 175 Å². The Morgan fingerprint density at radius 3 is 2.10 bits per heavy atom. The molecule has 0 spiro atoms. The molecule has 0 fully saturated rings. The molecule has 1 N–H and O–H groups in total. The van der Waals surface area contributed by atoms with Gasteiger partial charge in [-0.3, -0.25) is 0 Å². The summed E-state index contributed by atoms with van der Waals surface area (Å²) in [6, 6.07) is 18.9. The van der Waals surface area contributed by atoms with Gasteiger partial charge in [0.25, 0.3) is 0 Å². The van der Waals surface area contributed by atoms with Crippen LogP contribution in [-0.2, 0) is 19.8 Å². The third kappa shape index (κ3) is 5.34. The molecule has 0 aliphatic heterocycles. The summed E-state index contributed by atoms with van der Waals surface area (Å²) in [5, 5.41) is 9.68. The first-order chi connectivity index (χ1) is 14.1. The van der Waals surface area contributed by atoms with Gasteiger partial charge in [-0.05, 0) is 41.0 Å². The molecule has 0 saturated carbocycles. The maximum Gasteiger partial charge on any atom is 0.180 e. The molecule has 0 saturated heterocycles. The fourth-order valence-electron chi connectivity index (χ4n) is 2.82. The Bertz CT molecular complexity index is 943. The van der Waals surface area contributed by atoms with Gasteiger partial charge in [-0.25, -0.2) is 0 Å². The number of ether oxygens (including phenoxy) is 4. The summed E-state index contributed by atoms with van der Waals surface area (Å²) in [7, 11) is 3.13. The number of benzene rings is 3. The third-order valence-corrected chi connectivity index (χ3v) is 4.60. The zero-order chi connectivity index (χ0) is 20.6. The molecule has 0 heterocycles. The van der Waals surface area contributed by atoms with E-state index >= 15 is 0 Å². The Morgan fingerprint density at radius 2 is 1.41 bits per heavy atom. The highest BCUT2D eigenvalue weighted by Gasteiger charge is 2.13. The molecule has 0 aliphatic rings. The first kappa shape index (κ1) is 20.8. The lowest BCUT2D eigenvalue weighted by atomic mass is 10.2. The van der Waals surface area contributed by atoms with Crippen molar-refractivity contribution in [3.63, 3.8) is 0 Å². The van der Waals surface area contributed by atoms with Crippen LogP contribution < -0.4 is 18.9 Å². The molecule has 29 heavy (non-hydrogen) atoms. The van der Waals surface area contributed by atoms with Crippen molar-refractivity contribution >= 4 is 11.6 Å². The lowest BCUT2D eigenvalue weighted by molar-refractivity contribution is 0.272. The first-order valence-electron chi connectivity index (χ1n) is 9.08. The van der Waals surface area contributed by atoms with Crippen molar-refractivity contribution in [3.8, 4) is 23.0 Å². The molecule has 6 heteroatoms. The predicted octanol–water partition coefficient (Wildman–Crippen LogP) is 5.01. The number of aliphatic hydroxyl groups is 1. The SMILES string of the molecule is COc1cc(COc2c(Cl)cc(CO)cc2OC)ccc1OCc1ccccc1. The number of halogens is 1.